The monoisotopic (exact) mass is 384 g/mol. The Kier molecular flexibility index (Phi) is 6.13. The molecule has 0 spiro atoms. The van der Waals surface area contributed by atoms with Crippen molar-refractivity contribution >= 4 is 11.7 Å². The van der Waals surface area contributed by atoms with Gasteiger partial charge in [-0.15, -0.1) is 0 Å². The second-order valence-electron chi connectivity index (χ2n) is 6.87. The van der Waals surface area contributed by atoms with Gasteiger partial charge in [0, 0.05) is 12.6 Å². The minimum absolute atomic E-state index is 0.0553. The zero-order valence-electron chi connectivity index (χ0n) is 16.3. The molecule has 7 nitrogen and oxygen atoms in total. The minimum atomic E-state index is -0.675. The summed E-state index contributed by atoms with van der Waals surface area (Å²) in [6.07, 6.45) is 3.59. The van der Waals surface area contributed by atoms with Gasteiger partial charge in [-0.1, -0.05) is 37.2 Å². The smallest absolute Gasteiger partial charge is 0.343 e. The maximum absolute atomic E-state index is 12.7. The van der Waals surface area contributed by atoms with Crippen LogP contribution >= 0.6 is 0 Å². The van der Waals surface area contributed by atoms with Gasteiger partial charge in [0.25, 0.3) is 0 Å². The highest BCUT2D eigenvalue weighted by molar-refractivity contribution is 5.89. The highest BCUT2D eigenvalue weighted by Crippen LogP contribution is 2.21. The first kappa shape index (κ1) is 19.7. The average Bonchev–Trinajstić information content (AvgIpc) is 3.14. The number of rotatable bonds is 7. The van der Waals surface area contributed by atoms with Crippen molar-refractivity contribution in [3.05, 3.63) is 58.5 Å². The van der Waals surface area contributed by atoms with E-state index in [4.69, 9.17) is 14.3 Å². The van der Waals surface area contributed by atoms with Gasteiger partial charge in [0.1, 0.15) is 11.3 Å². The first-order valence-electron chi connectivity index (χ1n) is 9.34. The quantitative estimate of drug-likeness (QED) is 0.681. The predicted octanol–water partition coefficient (Wildman–Crippen LogP) is 3.62. The molecule has 0 saturated carbocycles. The van der Waals surface area contributed by atoms with Crippen LogP contribution < -0.4 is 10.2 Å². The molecular formula is C21H24N2O5. The van der Waals surface area contributed by atoms with Crippen molar-refractivity contribution < 1.29 is 19.1 Å². The lowest BCUT2D eigenvalue weighted by Gasteiger charge is -2.15. The summed E-state index contributed by atoms with van der Waals surface area (Å²) in [5.74, 6) is 0.201. The second kappa shape index (κ2) is 8.73. The fraction of sp³-hybridized carbons (Fsp3) is 0.381. The molecule has 28 heavy (non-hydrogen) atoms. The third-order valence-corrected chi connectivity index (χ3v) is 4.35. The highest BCUT2D eigenvalue weighted by atomic mass is 16.6. The number of esters is 1. The van der Waals surface area contributed by atoms with E-state index in [9.17, 15) is 9.59 Å². The first-order valence-corrected chi connectivity index (χ1v) is 9.34. The van der Waals surface area contributed by atoms with Crippen LogP contribution in [0.3, 0.4) is 0 Å². The Bertz CT molecular complexity index is 918. The van der Waals surface area contributed by atoms with Crippen molar-refractivity contribution in [1.29, 1.82) is 0 Å². The van der Waals surface area contributed by atoms with Crippen LogP contribution in [0, 0.1) is 5.92 Å². The van der Waals surface area contributed by atoms with Crippen LogP contribution in [-0.2, 0) is 16.1 Å². The summed E-state index contributed by atoms with van der Waals surface area (Å²) >= 11 is 0. The Morgan fingerprint density at radius 1 is 1.29 bits per heavy atom. The van der Waals surface area contributed by atoms with Gasteiger partial charge in [-0.2, -0.15) is 0 Å². The number of oxime groups is 1. The minimum Gasteiger partial charge on any atom is -0.462 e. The Morgan fingerprint density at radius 3 is 2.68 bits per heavy atom. The van der Waals surface area contributed by atoms with E-state index >= 15 is 0 Å². The number of para-hydroxylation sites is 1. The lowest BCUT2D eigenvalue weighted by Crippen LogP contribution is -2.24. The largest absolute Gasteiger partial charge is 0.462 e. The van der Waals surface area contributed by atoms with Crippen molar-refractivity contribution in [1.82, 2.24) is 4.57 Å². The third-order valence-electron chi connectivity index (χ3n) is 4.35. The van der Waals surface area contributed by atoms with E-state index in [2.05, 4.69) is 19.0 Å². The average molecular weight is 384 g/mol. The Balaban J connectivity index is 1.89. The van der Waals surface area contributed by atoms with Gasteiger partial charge in [-0.05, 0) is 25.0 Å². The molecule has 0 aliphatic carbocycles. The molecule has 7 heteroatoms. The van der Waals surface area contributed by atoms with Gasteiger partial charge < -0.3 is 18.9 Å². The summed E-state index contributed by atoms with van der Waals surface area (Å²) in [7, 11) is 0. The van der Waals surface area contributed by atoms with Crippen LogP contribution in [0.15, 0.2) is 52.7 Å². The number of hydrogen-bond acceptors (Lipinski definition) is 6. The van der Waals surface area contributed by atoms with Crippen LogP contribution in [0.4, 0.5) is 0 Å². The molecule has 3 rings (SSSR count). The molecule has 0 amide bonds. The van der Waals surface area contributed by atoms with Crippen LogP contribution in [0.5, 0.6) is 11.5 Å². The Hall–Kier alpha value is -3.09. The molecule has 0 unspecified atom stereocenters. The van der Waals surface area contributed by atoms with E-state index in [1.165, 1.54) is 6.20 Å². The van der Waals surface area contributed by atoms with Gasteiger partial charge >= 0.3 is 5.97 Å². The predicted molar refractivity (Wildman–Crippen MR) is 105 cm³/mol. The molecule has 1 atom stereocenters. The molecule has 2 heterocycles. The normalized spacial score (nSPS) is 15.9. The molecule has 0 N–H and O–H groups in total. The fourth-order valence-electron chi connectivity index (χ4n) is 2.88. The van der Waals surface area contributed by atoms with Gasteiger partial charge in [0.15, 0.2) is 11.9 Å². The lowest BCUT2D eigenvalue weighted by atomic mass is 10.0. The standard InChI is InChI=1S/C21H24N2O5/c1-4-26-21(25)17-12-23(11-16-10-18(14(2)3)22-28-16)13-19(20(17)24)27-15-8-6-5-7-9-15/h5-9,12-14,16H,4,10-11H2,1-3H3/t16-/m0/s1. The van der Waals surface area contributed by atoms with E-state index in [-0.39, 0.29) is 24.0 Å². The number of pyridine rings is 1. The third kappa shape index (κ3) is 4.60. The van der Waals surface area contributed by atoms with Crippen molar-refractivity contribution in [3.8, 4) is 11.5 Å². The van der Waals surface area contributed by atoms with E-state index in [1.807, 2.05) is 6.07 Å². The van der Waals surface area contributed by atoms with Crippen molar-refractivity contribution in [2.24, 2.45) is 11.1 Å². The number of carbonyl (C=O) groups is 1. The van der Waals surface area contributed by atoms with Gasteiger partial charge in [0.05, 0.1) is 25.1 Å². The number of carbonyl (C=O) groups excluding carboxylic acids is 1. The van der Waals surface area contributed by atoms with E-state index in [0.717, 1.165) is 5.71 Å². The Labute approximate surface area is 163 Å². The van der Waals surface area contributed by atoms with Crippen LogP contribution in [0.25, 0.3) is 0 Å². The van der Waals surface area contributed by atoms with Crippen molar-refractivity contribution in [3.63, 3.8) is 0 Å². The Morgan fingerprint density at radius 2 is 2.04 bits per heavy atom. The highest BCUT2D eigenvalue weighted by Gasteiger charge is 2.24. The summed E-state index contributed by atoms with van der Waals surface area (Å²) in [6.45, 7) is 6.43. The summed E-state index contributed by atoms with van der Waals surface area (Å²) < 4.78 is 12.5. The fourth-order valence-corrected chi connectivity index (χ4v) is 2.88. The lowest BCUT2D eigenvalue weighted by molar-refractivity contribution is 0.0520. The number of hydrogen-bond donors (Lipinski definition) is 0. The van der Waals surface area contributed by atoms with Crippen molar-refractivity contribution in [2.45, 2.75) is 39.8 Å². The summed E-state index contributed by atoms with van der Waals surface area (Å²) in [5, 5.41) is 4.13. The number of aromatic nitrogens is 1. The van der Waals surface area contributed by atoms with E-state index in [1.54, 1.807) is 42.0 Å². The van der Waals surface area contributed by atoms with E-state index in [0.29, 0.717) is 24.6 Å². The molecule has 148 valence electrons. The topological polar surface area (TPSA) is 79.1 Å². The summed E-state index contributed by atoms with van der Waals surface area (Å²) in [5.41, 5.74) is 0.417. The molecule has 1 aliphatic heterocycles. The molecule has 0 bridgehead atoms. The molecule has 1 aromatic carbocycles. The number of ether oxygens (including phenoxy) is 2. The summed E-state index contributed by atoms with van der Waals surface area (Å²) in [4.78, 5) is 30.5. The van der Waals surface area contributed by atoms with Gasteiger partial charge in [-0.25, -0.2) is 4.79 Å². The second-order valence-corrected chi connectivity index (χ2v) is 6.87. The maximum Gasteiger partial charge on any atom is 0.343 e. The summed E-state index contributed by atoms with van der Waals surface area (Å²) in [6, 6.07) is 8.94. The molecule has 2 aromatic rings. The van der Waals surface area contributed by atoms with Crippen LogP contribution in [0.2, 0.25) is 0 Å². The molecule has 1 aliphatic rings. The molecular weight excluding hydrogens is 360 g/mol. The maximum atomic E-state index is 12.7. The zero-order chi connectivity index (χ0) is 20.1. The zero-order valence-corrected chi connectivity index (χ0v) is 16.3. The van der Waals surface area contributed by atoms with Crippen LogP contribution in [0.1, 0.15) is 37.6 Å². The van der Waals surface area contributed by atoms with Gasteiger partial charge in [0.2, 0.25) is 5.43 Å². The number of nitrogens with zero attached hydrogens (tertiary/aromatic N) is 2. The molecule has 0 radical (unpaired) electrons. The molecule has 0 saturated heterocycles. The van der Waals surface area contributed by atoms with Crippen LogP contribution in [-0.4, -0.2) is 29.0 Å². The molecule has 1 aromatic heterocycles. The van der Waals surface area contributed by atoms with E-state index < -0.39 is 11.4 Å². The van der Waals surface area contributed by atoms with Gasteiger partial charge in [-0.3, -0.25) is 4.79 Å². The first-order chi connectivity index (χ1) is 13.5. The SMILES string of the molecule is CCOC(=O)c1cn(C[C@@H]2CC(C(C)C)=NO2)cc(Oc2ccccc2)c1=O. The molecule has 0 fully saturated rings. The van der Waals surface area contributed by atoms with Crippen molar-refractivity contribution in [2.75, 3.05) is 6.61 Å². The number of benzene rings is 1.